The molecule has 0 radical (unpaired) electrons. The standard InChI is InChI=1S/C12H16N4/c13-8-10-3-4-12(16-9-10)15-7-5-11-2-1-6-14-11/h3-4,9,11,14H,1-2,5-7H2,(H,15,16). The first-order valence-electron chi connectivity index (χ1n) is 5.72. The zero-order chi connectivity index (χ0) is 11.2. The van der Waals surface area contributed by atoms with Crippen molar-refractivity contribution in [3.8, 4) is 6.07 Å². The van der Waals surface area contributed by atoms with Gasteiger partial charge in [-0.2, -0.15) is 5.26 Å². The Hall–Kier alpha value is -1.60. The molecule has 1 unspecified atom stereocenters. The maximum atomic E-state index is 8.63. The van der Waals surface area contributed by atoms with Crippen LogP contribution in [0.15, 0.2) is 18.3 Å². The maximum absolute atomic E-state index is 8.63. The van der Waals surface area contributed by atoms with Crippen LogP contribution in [0.3, 0.4) is 0 Å². The number of nitrogens with zero attached hydrogens (tertiary/aromatic N) is 2. The highest BCUT2D eigenvalue weighted by atomic mass is 15.0. The van der Waals surface area contributed by atoms with Gasteiger partial charge in [0.25, 0.3) is 0 Å². The first kappa shape index (κ1) is 10.9. The molecule has 2 N–H and O–H groups in total. The van der Waals surface area contributed by atoms with E-state index in [9.17, 15) is 0 Å². The second kappa shape index (κ2) is 5.47. The molecule has 2 rings (SSSR count). The minimum Gasteiger partial charge on any atom is -0.370 e. The molecule has 1 aliphatic heterocycles. The number of hydrogen-bond acceptors (Lipinski definition) is 4. The molecule has 2 heterocycles. The summed E-state index contributed by atoms with van der Waals surface area (Å²) >= 11 is 0. The predicted molar refractivity (Wildman–Crippen MR) is 63.1 cm³/mol. The summed E-state index contributed by atoms with van der Waals surface area (Å²) in [4.78, 5) is 4.16. The molecular weight excluding hydrogens is 200 g/mol. The molecule has 0 bridgehead atoms. The van der Waals surface area contributed by atoms with Crippen molar-refractivity contribution in [3.05, 3.63) is 23.9 Å². The largest absolute Gasteiger partial charge is 0.370 e. The van der Waals surface area contributed by atoms with Crippen molar-refractivity contribution < 1.29 is 0 Å². The van der Waals surface area contributed by atoms with Crippen molar-refractivity contribution >= 4 is 5.82 Å². The van der Waals surface area contributed by atoms with Crippen LogP contribution in [-0.2, 0) is 0 Å². The van der Waals surface area contributed by atoms with Crippen LogP contribution < -0.4 is 10.6 Å². The first-order chi connectivity index (χ1) is 7.88. The third kappa shape index (κ3) is 2.94. The van der Waals surface area contributed by atoms with E-state index < -0.39 is 0 Å². The van der Waals surface area contributed by atoms with Gasteiger partial charge >= 0.3 is 0 Å². The van der Waals surface area contributed by atoms with Gasteiger partial charge in [0.1, 0.15) is 11.9 Å². The topological polar surface area (TPSA) is 60.7 Å². The molecular formula is C12H16N4. The van der Waals surface area contributed by atoms with E-state index in [1.807, 2.05) is 6.07 Å². The Morgan fingerprint density at radius 2 is 2.50 bits per heavy atom. The first-order valence-corrected chi connectivity index (χ1v) is 5.72. The predicted octanol–water partition coefficient (Wildman–Crippen LogP) is 1.51. The second-order valence-corrected chi connectivity index (χ2v) is 4.05. The normalized spacial score (nSPS) is 19.3. The quantitative estimate of drug-likeness (QED) is 0.801. The number of nitriles is 1. The van der Waals surface area contributed by atoms with Gasteiger partial charge in [0.05, 0.1) is 5.56 Å². The molecule has 1 atom stereocenters. The average Bonchev–Trinajstić information content (AvgIpc) is 2.83. The smallest absolute Gasteiger partial charge is 0.125 e. The Kier molecular flexibility index (Phi) is 3.73. The molecule has 1 saturated heterocycles. The minimum atomic E-state index is 0.600. The van der Waals surface area contributed by atoms with E-state index >= 15 is 0 Å². The Balaban J connectivity index is 1.74. The molecule has 84 valence electrons. The highest BCUT2D eigenvalue weighted by Crippen LogP contribution is 2.09. The fourth-order valence-corrected chi connectivity index (χ4v) is 1.94. The zero-order valence-electron chi connectivity index (χ0n) is 9.24. The van der Waals surface area contributed by atoms with Gasteiger partial charge < -0.3 is 10.6 Å². The van der Waals surface area contributed by atoms with Crippen molar-refractivity contribution in [2.24, 2.45) is 0 Å². The van der Waals surface area contributed by atoms with Crippen molar-refractivity contribution in [2.45, 2.75) is 25.3 Å². The molecule has 4 heteroatoms. The van der Waals surface area contributed by atoms with E-state index in [0.29, 0.717) is 11.6 Å². The van der Waals surface area contributed by atoms with E-state index in [4.69, 9.17) is 5.26 Å². The van der Waals surface area contributed by atoms with Gasteiger partial charge in [0.15, 0.2) is 0 Å². The number of hydrogen-bond donors (Lipinski definition) is 2. The molecule has 0 amide bonds. The fraction of sp³-hybridized carbons (Fsp3) is 0.500. The third-order valence-corrected chi connectivity index (χ3v) is 2.85. The number of rotatable bonds is 4. The Morgan fingerprint density at radius 1 is 1.56 bits per heavy atom. The number of anilines is 1. The Labute approximate surface area is 95.7 Å². The molecule has 0 spiro atoms. The summed E-state index contributed by atoms with van der Waals surface area (Å²) in [7, 11) is 0. The van der Waals surface area contributed by atoms with Crippen molar-refractivity contribution in [2.75, 3.05) is 18.4 Å². The van der Waals surface area contributed by atoms with Crippen LogP contribution in [0, 0.1) is 11.3 Å². The molecule has 0 aliphatic carbocycles. The van der Waals surface area contributed by atoms with Crippen LogP contribution >= 0.6 is 0 Å². The van der Waals surface area contributed by atoms with Crippen molar-refractivity contribution in [1.82, 2.24) is 10.3 Å². The maximum Gasteiger partial charge on any atom is 0.125 e. The van der Waals surface area contributed by atoms with Crippen LogP contribution in [0.4, 0.5) is 5.82 Å². The summed E-state index contributed by atoms with van der Waals surface area (Å²) in [6.45, 7) is 2.08. The van der Waals surface area contributed by atoms with Gasteiger partial charge in [-0.05, 0) is 37.9 Å². The summed E-state index contributed by atoms with van der Waals surface area (Å²) in [5, 5.41) is 15.3. The van der Waals surface area contributed by atoms with Crippen LogP contribution in [0.5, 0.6) is 0 Å². The van der Waals surface area contributed by atoms with E-state index in [1.165, 1.54) is 12.8 Å². The van der Waals surface area contributed by atoms with Crippen molar-refractivity contribution in [1.29, 1.82) is 5.26 Å². The van der Waals surface area contributed by atoms with E-state index in [2.05, 4.69) is 21.7 Å². The molecule has 1 aliphatic rings. The van der Waals surface area contributed by atoms with Crippen LogP contribution in [-0.4, -0.2) is 24.1 Å². The highest BCUT2D eigenvalue weighted by Gasteiger charge is 2.12. The lowest BCUT2D eigenvalue weighted by Gasteiger charge is -2.10. The van der Waals surface area contributed by atoms with Crippen molar-refractivity contribution in [3.63, 3.8) is 0 Å². The number of aromatic nitrogens is 1. The summed E-state index contributed by atoms with van der Waals surface area (Å²) in [5.74, 6) is 0.844. The van der Waals surface area contributed by atoms with E-state index in [1.54, 1.807) is 12.3 Å². The fourth-order valence-electron chi connectivity index (χ4n) is 1.94. The van der Waals surface area contributed by atoms with Gasteiger partial charge in [-0.15, -0.1) is 0 Å². The summed E-state index contributed by atoms with van der Waals surface area (Å²) in [6, 6.07) is 6.34. The van der Waals surface area contributed by atoms with Gasteiger partial charge in [-0.3, -0.25) is 0 Å². The lowest BCUT2D eigenvalue weighted by atomic mass is 10.1. The van der Waals surface area contributed by atoms with E-state index in [0.717, 1.165) is 25.3 Å². The SMILES string of the molecule is N#Cc1ccc(NCCC2CCCN2)nc1. The minimum absolute atomic E-state index is 0.600. The lowest BCUT2D eigenvalue weighted by molar-refractivity contribution is 0.574. The van der Waals surface area contributed by atoms with Crippen LogP contribution in [0.1, 0.15) is 24.8 Å². The molecule has 1 aromatic heterocycles. The Morgan fingerprint density at radius 3 is 3.12 bits per heavy atom. The molecule has 0 saturated carbocycles. The molecule has 1 fully saturated rings. The van der Waals surface area contributed by atoms with Gasteiger partial charge in [-0.1, -0.05) is 0 Å². The summed E-state index contributed by atoms with van der Waals surface area (Å²) in [5.41, 5.74) is 0.600. The van der Waals surface area contributed by atoms with Crippen LogP contribution in [0.25, 0.3) is 0 Å². The van der Waals surface area contributed by atoms with Gasteiger partial charge in [-0.25, -0.2) is 4.98 Å². The highest BCUT2D eigenvalue weighted by molar-refractivity contribution is 5.38. The average molecular weight is 216 g/mol. The van der Waals surface area contributed by atoms with Crippen LogP contribution in [0.2, 0.25) is 0 Å². The number of nitrogens with one attached hydrogen (secondary N) is 2. The number of pyridine rings is 1. The third-order valence-electron chi connectivity index (χ3n) is 2.85. The molecule has 4 nitrogen and oxygen atoms in total. The monoisotopic (exact) mass is 216 g/mol. The summed E-state index contributed by atoms with van der Waals surface area (Å²) < 4.78 is 0. The van der Waals surface area contributed by atoms with Gasteiger partial charge in [0.2, 0.25) is 0 Å². The lowest BCUT2D eigenvalue weighted by Crippen LogP contribution is -2.24. The zero-order valence-corrected chi connectivity index (χ0v) is 9.24. The molecule has 1 aromatic rings. The van der Waals surface area contributed by atoms with Gasteiger partial charge in [0, 0.05) is 18.8 Å². The second-order valence-electron chi connectivity index (χ2n) is 4.05. The molecule has 16 heavy (non-hydrogen) atoms. The Bertz CT molecular complexity index is 360. The summed E-state index contributed by atoms with van der Waals surface area (Å²) in [6.07, 6.45) is 5.29. The molecule has 0 aromatic carbocycles. The van der Waals surface area contributed by atoms with E-state index in [-0.39, 0.29) is 0 Å².